The highest BCUT2D eigenvalue weighted by atomic mass is 79.9. The average Bonchev–Trinajstić information content (AvgIpc) is 1.99. The van der Waals surface area contributed by atoms with Gasteiger partial charge in [-0.15, -0.1) is 13.2 Å². The minimum absolute atomic E-state index is 0.0933. The topological polar surface area (TPSA) is 71.9 Å². The van der Waals surface area contributed by atoms with E-state index in [1.54, 1.807) is 0 Å². The van der Waals surface area contributed by atoms with E-state index < -0.39 is 12.1 Å². The number of ether oxygens (including phenoxy) is 1. The highest BCUT2D eigenvalue weighted by Gasteiger charge is 2.33. The van der Waals surface area contributed by atoms with Crippen LogP contribution < -0.4 is 10.5 Å². The van der Waals surface area contributed by atoms with E-state index in [4.69, 9.17) is 11.0 Å². The molecule has 1 rings (SSSR count). The summed E-state index contributed by atoms with van der Waals surface area (Å²) >= 11 is 2.80. The Morgan fingerprint density at radius 2 is 2.13 bits per heavy atom. The van der Waals surface area contributed by atoms with Crippen molar-refractivity contribution in [2.24, 2.45) is 0 Å². The van der Waals surface area contributed by atoms with E-state index in [0.29, 0.717) is 0 Å². The Labute approximate surface area is 90.6 Å². The number of nitriles is 1. The quantitative estimate of drug-likeness (QED) is 0.801. The van der Waals surface area contributed by atoms with Crippen molar-refractivity contribution in [3.05, 3.63) is 16.2 Å². The molecule has 1 aromatic rings. The van der Waals surface area contributed by atoms with Crippen LogP contribution in [0, 0.1) is 11.3 Å². The molecule has 0 aliphatic rings. The van der Waals surface area contributed by atoms with Crippen LogP contribution in [0.4, 0.5) is 19.0 Å². The van der Waals surface area contributed by atoms with Gasteiger partial charge in [0.05, 0.1) is 0 Å². The molecule has 0 atom stereocenters. The molecule has 0 amide bonds. The zero-order valence-electron chi connectivity index (χ0n) is 6.97. The molecular formula is C7H3BrF3N3O. The molecule has 8 heteroatoms. The number of hydrogen-bond acceptors (Lipinski definition) is 4. The lowest BCUT2D eigenvalue weighted by Gasteiger charge is -2.10. The van der Waals surface area contributed by atoms with E-state index in [1.807, 2.05) is 0 Å². The van der Waals surface area contributed by atoms with Crippen molar-refractivity contribution in [3.8, 4) is 11.8 Å². The molecule has 0 aliphatic heterocycles. The fraction of sp³-hybridized carbons (Fsp3) is 0.143. The van der Waals surface area contributed by atoms with Crippen molar-refractivity contribution in [2.45, 2.75) is 6.36 Å². The molecule has 15 heavy (non-hydrogen) atoms. The van der Waals surface area contributed by atoms with Gasteiger partial charge in [0.2, 0.25) is 0 Å². The number of alkyl halides is 3. The van der Waals surface area contributed by atoms with Crippen LogP contribution >= 0.6 is 15.9 Å². The maximum Gasteiger partial charge on any atom is 0.573 e. The van der Waals surface area contributed by atoms with E-state index in [-0.39, 0.29) is 16.0 Å². The number of pyridine rings is 1. The van der Waals surface area contributed by atoms with E-state index in [2.05, 4.69) is 25.7 Å². The van der Waals surface area contributed by atoms with Gasteiger partial charge in [0.1, 0.15) is 22.1 Å². The van der Waals surface area contributed by atoms with E-state index >= 15 is 0 Å². The zero-order chi connectivity index (χ0) is 11.6. The van der Waals surface area contributed by atoms with Crippen LogP contribution in [0.3, 0.4) is 0 Å². The molecule has 80 valence electrons. The van der Waals surface area contributed by atoms with Gasteiger partial charge >= 0.3 is 6.36 Å². The molecule has 0 saturated carbocycles. The number of nitrogens with two attached hydrogens (primary N) is 1. The third-order valence-corrected chi connectivity index (χ3v) is 1.87. The SMILES string of the molecule is N#Cc1c(OC(F)(F)F)cc(N)nc1Br. The minimum Gasteiger partial charge on any atom is -0.404 e. The Hall–Kier alpha value is -1.49. The summed E-state index contributed by atoms with van der Waals surface area (Å²) in [6.07, 6.45) is -4.88. The Kier molecular flexibility index (Phi) is 3.04. The summed E-state index contributed by atoms with van der Waals surface area (Å²) in [5.41, 5.74) is 4.84. The molecule has 4 nitrogen and oxygen atoms in total. The lowest BCUT2D eigenvalue weighted by atomic mass is 10.3. The second-order valence-corrected chi connectivity index (χ2v) is 3.12. The standard InChI is InChI=1S/C7H3BrF3N3O/c8-6-3(2-12)4(1-5(13)14-6)15-7(9,10)11/h1H,(H2,13,14). The maximum absolute atomic E-state index is 11.9. The number of anilines is 1. The molecule has 0 spiro atoms. The van der Waals surface area contributed by atoms with Crippen molar-refractivity contribution >= 4 is 21.7 Å². The van der Waals surface area contributed by atoms with Gasteiger partial charge in [-0.25, -0.2) is 4.98 Å². The first-order valence-corrected chi connectivity index (χ1v) is 4.24. The van der Waals surface area contributed by atoms with Gasteiger partial charge in [0, 0.05) is 6.07 Å². The highest BCUT2D eigenvalue weighted by Crippen LogP contribution is 2.31. The van der Waals surface area contributed by atoms with Gasteiger partial charge < -0.3 is 10.5 Å². The number of rotatable bonds is 1. The first kappa shape index (κ1) is 11.6. The van der Waals surface area contributed by atoms with Crippen molar-refractivity contribution < 1.29 is 17.9 Å². The Balaban J connectivity index is 3.23. The van der Waals surface area contributed by atoms with Crippen LogP contribution in [0.15, 0.2) is 10.7 Å². The van der Waals surface area contributed by atoms with Gasteiger partial charge in [-0.05, 0) is 15.9 Å². The van der Waals surface area contributed by atoms with E-state index in [1.165, 1.54) is 6.07 Å². The van der Waals surface area contributed by atoms with Crippen LogP contribution in [0.2, 0.25) is 0 Å². The first-order valence-electron chi connectivity index (χ1n) is 3.45. The highest BCUT2D eigenvalue weighted by molar-refractivity contribution is 9.10. The summed E-state index contributed by atoms with van der Waals surface area (Å²) < 4.78 is 39.3. The molecule has 1 aromatic heterocycles. The lowest BCUT2D eigenvalue weighted by Crippen LogP contribution is -2.18. The summed E-state index contributed by atoms with van der Waals surface area (Å²) in [6, 6.07) is 2.35. The summed E-state index contributed by atoms with van der Waals surface area (Å²) in [6.45, 7) is 0. The predicted octanol–water partition coefficient (Wildman–Crippen LogP) is 2.20. The fourth-order valence-corrected chi connectivity index (χ4v) is 1.30. The minimum atomic E-state index is -4.88. The third kappa shape index (κ3) is 2.99. The van der Waals surface area contributed by atoms with Crippen molar-refractivity contribution in [3.63, 3.8) is 0 Å². The van der Waals surface area contributed by atoms with Gasteiger partial charge in [0.15, 0.2) is 5.75 Å². The van der Waals surface area contributed by atoms with Gasteiger partial charge in [-0.2, -0.15) is 5.26 Å². The second kappa shape index (κ2) is 3.94. The van der Waals surface area contributed by atoms with Crippen LogP contribution in [0.25, 0.3) is 0 Å². The Morgan fingerprint density at radius 3 is 2.60 bits per heavy atom. The smallest absolute Gasteiger partial charge is 0.404 e. The Bertz CT molecular complexity index is 427. The van der Waals surface area contributed by atoms with Crippen LogP contribution in [-0.4, -0.2) is 11.3 Å². The van der Waals surface area contributed by atoms with Crippen molar-refractivity contribution in [1.82, 2.24) is 4.98 Å². The van der Waals surface area contributed by atoms with E-state index in [0.717, 1.165) is 6.07 Å². The lowest BCUT2D eigenvalue weighted by molar-refractivity contribution is -0.274. The molecule has 0 aromatic carbocycles. The molecule has 0 bridgehead atoms. The third-order valence-electron chi connectivity index (χ3n) is 1.30. The monoisotopic (exact) mass is 281 g/mol. The summed E-state index contributed by atoms with van der Waals surface area (Å²) in [4.78, 5) is 3.56. The molecule has 0 unspecified atom stereocenters. The normalized spacial score (nSPS) is 10.9. The van der Waals surface area contributed by atoms with E-state index in [9.17, 15) is 13.2 Å². The predicted molar refractivity (Wildman–Crippen MR) is 47.7 cm³/mol. The van der Waals surface area contributed by atoms with Crippen molar-refractivity contribution in [1.29, 1.82) is 5.26 Å². The molecule has 0 aliphatic carbocycles. The van der Waals surface area contributed by atoms with Crippen LogP contribution in [-0.2, 0) is 0 Å². The molecule has 0 radical (unpaired) electrons. The largest absolute Gasteiger partial charge is 0.573 e. The Morgan fingerprint density at radius 1 is 1.53 bits per heavy atom. The van der Waals surface area contributed by atoms with Crippen LogP contribution in [0.1, 0.15) is 5.56 Å². The zero-order valence-corrected chi connectivity index (χ0v) is 8.56. The number of hydrogen-bond donors (Lipinski definition) is 1. The summed E-state index contributed by atoms with van der Waals surface area (Å²) in [5, 5.41) is 8.58. The summed E-state index contributed by atoms with van der Waals surface area (Å²) in [5.74, 6) is -0.857. The molecule has 0 saturated heterocycles. The fourth-order valence-electron chi connectivity index (χ4n) is 0.816. The van der Waals surface area contributed by atoms with Crippen LogP contribution in [0.5, 0.6) is 5.75 Å². The molecule has 0 fully saturated rings. The maximum atomic E-state index is 11.9. The van der Waals surface area contributed by atoms with Gasteiger partial charge in [-0.1, -0.05) is 0 Å². The molecule has 2 N–H and O–H groups in total. The van der Waals surface area contributed by atoms with Crippen molar-refractivity contribution in [2.75, 3.05) is 5.73 Å². The molecule has 1 heterocycles. The summed E-state index contributed by atoms with van der Waals surface area (Å²) in [7, 11) is 0. The number of aromatic nitrogens is 1. The van der Waals surface area contributed by atoms with Gasteiger partial charge in [0.25, 0.3) is 0 Å². The first-order chi connectivity index (χ1) is 6.83. The second-order valence-electron chi connectivity index (χ2n) is 2.37. The number of nitrogen functional groups attached to an aromatic ring is 1. The number of halogens is 4. The number of nitrogens with zero attached hydrogens (tertiary/aromatic N) is 2. The average molecular weight is 282 g/mol. The molecular weight excluding hydrogens is 279 g/mol. The van der Waals surface area contributed by atoms with Gasteiger partial charge in [-0.3, -0.25) is 0 Å².